The van der Waals surface area contributed by atoms with Gasteiger partial charge in [-0.2, -0.15) is 0 Å². The second kappa shape index (κ2) is 6.09. The quantitative estimate of drug-likeness (QED) is 0.759. The van der Waals surface area contributed by atoms with E-state index >= 15 is 0 Å². The standard InChI is InChI=1S/C15H12Cl2O2/c1-10(18)13-7-6-12(8-15(13)17)19-9-11-4-2-3-5-14(11)16/h2-8H,9H2,1H3. The monoisotopic (exact) mass is 294 g/mol. The summed E-state index contributed by atoms with van der Waals surface area (Å²) < 4.78 is 5.61. The molecule has 0 radical (unpaired) electrons. The molecule has 0 heterocycles. The summed E-state index contributed by atoms with van der Waals surface area (Å²) in [7, 11) is 0. The lowest BCUT2D eigenvalue weighted by Crippen LogP contribution is -1.98. The predicted octanol–water partition coefficient (Wildman–Crippen LogP) is 4.78. The third-order valence-electron chi connectivity index (χ3n) is 2.67. The highest BCUT2D eigenvalue weighted by atomic mass is 35.5. The van der Waals surface area contributed by atoms with Gasteiger partial charge in [-0.3, -0.25) is 4.79 Å². The Morgan fingerprint density at radius 3 is 2.47 bits per heavy atom. The van der Waals surface area contributed by atoms with Crippen LogP contribution in [-0.4, -0.2) is 5.78 Å². The van der Waals surface area contributed by atoms with Crippen LogP contribution < -0.4 is 4.74 Å². The SMILES string of the molecule is CC(=O)c1ccc(OCc2ccccc2Cl)cc1Cl. The van der Waals surface area contributed by atoms with Crippen LogP contribution in [0.3, 0.4) is 0 Å². The van der Waals surface area contributed by atoms with Gasteiger partial charge < -0.3 is 4.74 Å². The van der Waals surface area contributed by atoms with E-state index in [1.807, 2.05) is 24.3 Å². The molecule has 0 amide bonds. The predicted molar refractivity (Wildman–Crippen MR) is 77.2 cm³/mol. The zero-order valence-electron chi connectivity index (χ0n) is 10.3. The molecule has 0 atom stereocenters. The van der Waals surface area contributed by atoms with E-state index in [9.17, 15) is 4.79 Å². The Balaban J connectivity index is 2.11. The van der Waals surface area contributed by atoms with Crippen LogP contribution in [0.5, 0.6) is 5.75 Å². The van der Waals surface area contributed by atoms with Crippen LogP contribution in [0.1, 0.15) is 22.8 Å². The lowest BCUT2D eigenvalue weighted by atomic mass is 10.1. The number of rotatable bonds is 4. The molecule has 0 spiro atoms. The maximum absolute atomic E-state index is 11.3. The Hall–Kier alpha value is -1.51. The minimum Gasteiger partial charge on any atom is -0.489 e. The highest BCUT2D eigenvalue weighted by molar-refractivity contribution is 6.34. The summed E-state index contributed by atoms with van der Waals surface area (Å²) in [4.78, 5) is 11.3. The number of benzene rings is 2. The molecule has 0 aromatic heterocycles. The molecule has 0 unspecified atom stereocenters. The van der Waals surface area contributed by atoms with Crippen molar-refractivity contribution in [3.05, 3.63) is 63.6 Å². The zero-order valence-corrected chi connectivity index (χ0v) is 11.8. The molecule has 0 saturated heterocycles. The molecule has 0 aliphatic carbocycles. The molecule has 4 heteroatoms. The summed E-state index contributed by atoms with van der Waals surface area (Å²) in [6.07, 6.45) is 0. The summed E-state index contributed by atoms with van der Waals surface area (Å²) in [5.74, 6) is 0.539. The molecule has 0 saturated carbocycles. The topological polar surface area (TPSA) is 26.3 Å². The van der Waals surface area contributed by atoms with Gasteiger partial charge in [0.15, 0.2) is 5.78 Å². The van der Waals surface area contributed by atoms with E-state index < -0.39 is 0 Å². The second-order valence-corrected chi connectivity index (χ2v) is 4.89. The first kappa shape index (κ1) is 13.9. The molecule has 0 aliphatic rings. The summed E-state index contributed by atoms with van der Waals surface area (Å²) in [6.45, 7) is 1.83. The van der Waals surface area contributed by atoms with Crippen LogP contribution in [-0.2, 0) is 6.61 Å². The van der Waals surface area contributed by atoms with Crippen molar-refractivity contribution in [2.24, 2.45) is 0 Å². The Morgan fingerprint density at radius 2 is 1.84 bits per heavy atom. The molecule has 2 rings (SSSR count). The fraction of sp³-hybridized carbons (Fsp3) is 0.133. The fourth-order valence-electron chi connectivity index (χ4n) is 1.65. The van der Waals surface area contributed by atoms with Crippen molar-refractivity contribution in [2.75, 3.05) is 0 Å². The number of carbonyl (C=O) groups is 1. The molecule has 2 aromatic rings. The number of Topliss-reactive ketones (excluding diaryl/α,β-unsaturated/α-hetero) is 1. The number of halogens is 2. The third-order valence-corrected chi connectivity index (χ3v) is 3.35. The first-order chi connectivity index (χ1) is 9.08. The molecule has 98 valence electrons. The van der Waals surface area contributed by atoms with Gasteiger partial charge in [0, 0.05) is 16.1 Å². The largest absolute Gasteiger partial charge is 0.489 e. The first-order valence-electron chi connectivity index (χ1n) is 5.74. The van der Waals surface area contributed by atoms with E-state index in [4.69, 9.17) is 27.9 Å². The Labute approximate surface area is 121 Å². The van der Waals surface area contributed by atoms with Crippen molar-refractivity contribution in [3.63, 3.8) is 0 Å². The van der Waals surface area contributed by atoms with Gasteiger partial charge >= 0.3 is 0 Å². The van der Waals surface area contributed by atoms with Gasteiger partial charge in [-0.05, 0) is 31.2 Å². The minimum absolute atomic E-state index is 0.0670. The van der Waals surface area contributed by atoms with Crippen LogP contribution in [0.4, 0.5) is 0 Å². The highest BCUT2D eigenvalue weighted by Gasteiger charge is 2.07. The van der Waals surface area contributed by atoms with E-state index in [2.05, 4.69) is 0 Å². The van der Waals surface area contributed by atoms with E-state index in [0.717, 1.165) is 5.56 Å². The molecular weight excluding hydrogens is 283 g/mol. The van der Waals surface area contributed by atoms with E-state index in [-0.39, 0.29) is 5.78 Å². The van der Waals surface area contributed by atoms with Crippen LogP contribution in [0, 0.1) is 0 Å². The van der Waals surface area contributed by atoms with Crippen LogP contribution in [0.25, 0.3) is 0 Å². The normalized spacial score (nSPS) is 10.3. The molecule has 0 aliphatic heterocycles. The van der Waals surface area contributed by atoms with Crippen molar-refractivity contribution >= 4 is 29.0 Å². The molecule has 0 N–H and O–H groups in total. The fourth-order valence-corrected chi connectivity index (χ4v) is 2.14. The van der Waals surface area contributed by atoms with Crippen molar-refractivity contribution < 1.29 is 9.53 Å². The van der Waals surface area contributed by atoms with Gasteiger partial charge in [0.25, 0.3) is 0 Å². The van der Waals surface area contributed by atoms with Crippen molar-refractivity contribution in [2.45, 2.75) is 13.5 Å². The Bertz CT molecular complexity index is 609. The Morgan fingerprint density at radius 1 is 1.11 bits per heavy atom. The average Bonchev–Trinajstić information content (AvgIpc) is 2.37. The van der Waals surface area contributed by atoms with Crippen molar-refractivity contribution in [3.8, 4) is 5.75 Å². The van der Waals surface area contributed by atoms with Gasteiger partial charge in [-0.1, -0.05) is 41.4 Å². The smallest absolute Gasteiger partial charge is 0.161 e. The van der Waals surface area contributed by atoms with Gasteiger partial charge in [-0.25, -0.2) is 0 Å². The van der Waals surface area contributed by atoms with E-state index in [1.54, 1.807) is 18.2 Å². The summed E-state index contributed by atoms with van der Waals surface area (Å²) >= 11 is 12.0. The second-order valence-electron chi connectivity index (χ2n) is 4.08. The van der Waals surface area contributed by atoms with Gasteiger partial charge in [0.05, 0.1) is 5.02 Å². The molecular formula is C15H12Cl2O2. The van der Waals surface area contributed by atoms with Gasteiger partial charge in [-0.15, -0.1) is 0 Å². The summed E-state index contributed by atoms with van der Waals surface area (Å²) in [6, 6.07) is 12.5. The lowest BCUT2D eigenvalue weighted by molar-refractivity contribution is 0.101. The number of carbonyl (C=O) groups excluding carboxylic acids is 1. The van der Waals surface area contributed by atoms with Crippen LogP contribution >= 0.6 is 23.2 Å². The number of hydrogen-bond donors (Lipinski definition) is 0. The zero-order chi connectivity index (χ0) is 13.8. The maximum atomic E-state index is 11.3. The number of hydrogen-bond acceptors (Lipinski definition) is 2. The van der Waals surface area contributed by atoms with Crippen LogP contribution in [0.2, 0.25) is 10.0 Å². The lowest BCUT2D eigenvalue weighted by Gasteiger charge is -2.09. The average molecular weight is 295 g/mol. The molecule has 19 heavy (non-hydrogen) atoms. The molecule has 0 bridgehead atoms. The van der Waals surface area contributed by atoms with E-state index in [0.29, 0.717) is 28.0 Å². The maximum Gasteiger partial charge on any atom is 0.161 e. The molecule has 2 nitrogen and oxygen atoms in total. The minimum atomic E-state index is -0.0670. The highest BCUT2D eigenvalue weighted by Crippen LogP contribution is 2.24. The molecule has 0 fully saturated rings. The number of ketones is 1. The van der Waals surface area contributed by atoms with Crippen LogP contribution in [0.15, 0.2) is 42.5 Å². The van der Waals surface area contributed by atoms with Crippen molar-refractivity contribution in [1.29, 1.82) is 0 Å². The Kier molecular flexibility index (Phi) is 4.46. The number of ether oxygens (including phenoxy) is 1. The van der Waals surface area contributed by atoms with Gasteiger partial charge in [0.2, 0.25) is 0 Å². The van der Waals surface area contributed by atoms with Gasteiger partial charge in [0.1, 0.15) is 12.4 Å². The first-order valence-corrected chi connectivity index (χ1v) is 6.50. The van der Waals surface area contributed by atoms with E-state index in [1.165, 1.54) is 6.92 Å². The van der Waals surface area contributed by atoms with Crippen molar-refractivity contribution in [1.82, 2.24) is 0 Å². The summed E-state index contributed by atoms with van der Waals surface area (Å²) in [5.41, 5.74) is 1.39. The summed E-state index contributed by atoms with van der Waals surface area (Å²) in [5, 5.41) is 1.05. The third kappa shape index (κ3) is 3.49. The molecule has 2 aromatic carbocycles.